The first-order valence-electron chi connectivity index (χ1n) is 10.1. The van der Waals surface area contributed by atoms with Gasteiger partial charge < -0.3 is 9.64 Å². The number of para-hydroxylation sites is 1. The van der Waals surface area contributed by atoms with E-state index in [2.05, 4.69) is 34.0 Å². The number of rotatable bonds is 4. The van der Waals surface area contributed by atoms with Gasteiger partial charge in [-0.05, 0) is 24.1 Å². The Hall–Kier alpha value is -2.48. The standard InChI is InChI=1S/C22H24N4O2S/c27-21(19-14-18(24-25-19)15-6-2-1-3-7-15)26-12-10-16(11-13-26)28-22-23-17-8-4-5-9-20(17)29-22/h1-9,16,18-19,24-25H,10-14H2. The summed E-state index contributed by atoms with van der Waals surface area (Å²) >= 11 is 1.58. The third kappa shape index (κ3) is 3.99. The van der Waals surface area contributed by atoms with Crippen molar-refractivity contribution in [3.8, 4) is 5.19 Å². The van der Waals surface area contributed by atoms with Gasteiger partial charge in [0.05, 0.1) is 10.2 Å². The van der Waals surface area contributed by atoms with E-state index in [9.17, 15) is 4.79 Å². The number of aromatic nitrogens is 1. The third-order valence-electron chi connectivity index (χ3n) is 5.70. The Morgan fingerprint density at radius 2 is 1.79 bits per heavy atom. The molecule has 0 aliphatic carbocycles. The molecular weight excluding hydrogens is 384 g/mol. The molecule has 2 N–H and O–H groups in total. The molecule has 0 spiro atoms. The van der Waals surface area contributed by atoms with Gasteiger partial charge in [0.1, 0.15) is 12.1 Å². The summed E-state index contributed by atoms with van der Waals surface area (Å²) in [7, 11) is 0. The molecule has 6 nitrogen and oxygen atoms in total. The van der Waals surface area contributed by atoms with Crippen molar-refractivity contribution < 1.29 is 9.53 Å². The number of benzene rings is 2. The van der Waals surface area contributed by atoms with E-state index in [4.69, 9.17) is 4.74 Å². The second-order valence-corrected chi connectivity index (χ2v) is 8.62. The highest BCUT2D eigenvalue weighted by atomic mass is 32.1. The molecule has 3 heterocycles. The lowest BCUT2D eigenvalue weighted by molar-refractivity contribution is -0.135. The Labute approximate surface area is 173 Å². The monoisotopic (exact) mass is 408 g/mol. The number of carbonyl (C=O) groups excluding carboxylic acids is 1. The highest BCUT2D eigenvalue weighted by molar-refractivity contribution is 7.20. The van der Waals surface area contributed by atoms with Crippen LogP contribution < -0.4 is 15.6 Å². The average molecular weight is 409 g/mol. The van der Waals surface area contributed by atoms with Gasteiger partial charge in [0.15, 0.2) is 0 Å². The molecule has 150 valence electrons. The summed E-state index contributed by atoms with van der Waals surface area (Å²) in [6.45, 7) is 1.45. The molecule has 2 fully saturated rings. The van der Waals surface area contributed by atoms with Crippen LogP contribution in [0.3, 0.4) is 0 Å². The number of carbonyl (C=O) groups is 1. The predicted molar refractivity (Wildman–Crippen MR) is 114 cm³/mol. The number of hydrogen-bond acceptors (Lipinski definition) is 6. The number of likely N-dealkylation sites (tertiary alicyclic amines) is 1. The maximum absolute atomic E-state index is 12.9. The van der Waals surface area contributed by atoms with Crippen molar-refractivity contribution >= 4 is 27.5 Å². The number of amides is 1. The van der Waals surface area contributed by atoms with Crippen molar-refractivity contribution in [2.24, 2.45) is 0 Å². The summed E-state index contributed by atoms with van der Waals surface area (Å²) in [4.78, 5) is 19.5. The van der Waals surface area contributed by atoms with E-state index in [-0.39, 0.29) is 24.1 Å². The molecule has 0 bridgehead atoms. The summed E-state index contributed by atoms with van der Waals surface area (Å²) in [5.41, 5.74) is 8.64. The minimum absolute atomic E-state index is 0.117. The zero-order valence-electron chi connectivity index (χ0n) is 16.1. The molecule has 1 amide bonds. The predicted octanol–water partition coefficient (Wildman–Crippen LogP) is 3.27. The van der Waals surface area contributed by atoms with Crippen molar-refractivity contribution in [1.82, 2.24) is 20.7 Å². The molecule has 2 atom stereocenters. The Bertz CT molecular complexity index is 952. The zero-order chi connectivity index (χ0) is 19.6. The fraction of sp³-hybridized carbons (Fsp3) is 0.364. The maximum Gasteiger partial charge on any atom is 0.274 e. The van der Waals surface area contributed by atoms with Crippen LogP contribution in [0.4, 0.5) is 0 Å². The number of nitrogens with zero attached hydrogens (tertiary/aromatic N) is 2. The second-order valence-electron chi connectivity index (χ2n) is 7.63. The fourth-order valence-electron chi connectivity index (χ4n) is 4.08. The first-order chi connectivity index (χ1) is 14.3. The zero-order valence-corrected chi connectivity index (χ0v) is 16.9. The van der Waals surface area contributed by atoms with Crippen LogP contribution in [0.15, 0.2) is 54.6 Å². The Morgan fingerprint density at radius 1 is 1.03 bits per heavy atom. The summed E-state index contributed by atoms with van der Waals surface area (Å²) < 4.78 is 7.25. The molecule has 2 saturated heterocycles. The van der Waals surface area contributed by atoms with E-state index in [1.54, 1.807) is 11.3 Å². The number of piperidine rings is 1. The van der Waals surface area contributed by atoms with Crippen molar-refractivity contribution in [3.63, 3.8) is 0 Å². The quantitative estimate of drug-likeness (QED) is 0.694. The Morgan fingerprint density at radius 3 is 2.59 bits per heavy atom. The lowest BCUT2D eigenvalue weighted by Gasteiger charge is -2.33. The Kier molecular flexibility index (Phi) is 5.18. The molecule has 2 aromatic carbocycles. The average Bonchev–Trinajstić information content (AvgIpc) is 3.41. The summed E-state index contributed by atoms with van der Waals surface area (Å²) in [5, 5.41) is 0.725. The van der Waals surface area contributed by atoms with E-state index >= 15 is 0 Å². The molecule has 2 aliphatic rings. The first kappa shape index (κ1) is 18.5. The SMILES string of the molecule is O=C(C1CC(c2ccccc2)NN1)N1CCC(Oc2nc3ccccc3s2)CC1. The van der Waals surface area contributed by atoms with E-state index in [0.29, 0.717) is 0 Å². The number of hydrogen-bond donors (Lipinski definition) is 2. The first-order valence-corrected chi connectivity index (χ1v) is 10.9. The van der Waals surface area contributed by atoms with E-state index in [1.807, 2.05) is 41.3 Å². The maximum atomic E-state index is 12.9. The largest absolute Gasteiger partial charge is 0.467 e. The van der Waals surface area contributed by atoms with Crippen LogP contribution in [0.1, 0.15) is 30.9 Å². The summed E-state index contributed by atoms with van der Waals surface area (Å²) in [6.07, 6.45) is 2.56. The van der Waals surface area contributed by atoms with E-state index < -0.39 is 0 Å². The Balaban J connectivity index is 1.14. The van der Waals surface area contributed by atoms with Gasteiger partial charge in [-0.3, -0.25) is 4.79 Å². The number of fused-ring (bicyclic) bond motifs is 1. The molecule has 3 aromatic rings. The van der Waals surface area contributed by atoms with Gasteiger partial charge in [-0.1, -0.05) is 53.8 Å². The topological polar surface area (TPSA) is 66.5 Å². The smallest absolute Gasteiger partial charge is 0.274 e. The van der Waals surface area contributed by atoms with Crippen LogP contribution >= 0.6 is 11.3 Å². The van der Waals surface area contributed by atoms with Gasteiger partial charge in [-0.2, -0.15) is 0 Å². The van der Waals surface area contributed by atoms with E-state index in [0.717, 1.165) is 47.8 Å². The lowest BCUT2D eigenvalue weighted by atomic mass is 10.0. The minimum atomic E-state index is -0.179. The number of nitrogens with one attached hydrogen (secondary N) is 2. The van der Waals surface area contributed by atoms with Gasteiger partial charge in [0.2, 0.25) is 5.91 Å². The molecule has 2 aliphatic heterocycles. The van der Waals surface area contributed by atoms with Crippen molar-refractivity contribution in [3.05, 3.63) is 60.2 Å². The minimum Gasteiger partial charge on any atom is -0.467 e. The van der Waals surface area contributed by atoms with Gasteiger partial charge in [0, 0.05) is 32.0 Å². The van der Waals surface area contributed by atoms with Crippen LogP contribution in [0.2, 0.25) is 0 Å². The highest BCUT2D eigenvalue weighted by Gasteiger charge is 2.34. The number of thiazole rings is 1. The molecule has 5 rings (SSSR count). The molecule has 0 saturated carbocycles. The van der Waals surface area contributed by atoms with Crippen LogP contribution in [0.25, 0.3) is 10.2 Å². The lowest BCUT2D eigenvalue weighted by Crippen LogP contribution is -2.49. The van der Waals surface area contributed by atoms with Crippen LogP contribution in [0, 0.1) is 0 Å². The van der Waals surface area contributed by atoms with Crippen molar-refractivity contribution in [2.45, 2.75) is 37.5 Å². The molecule has 2 unspecified atom stereocenters. The third-order valence-corrected chi connectivity index (χ3v) is 6.63. The fourth-order valence-corrected chi connectivity index (χ4v) is 4.96. The van der Waals surface area contributed by atoms with Gasteiger partial charge in [0.25, 0.3) is 5.19 Å². The van der Waals surface area contributed by atoms with Crippen LogP contribution in [0.5, 0.6) is 5.19 Å². The number of ether oxygens (including phenoxy) is 1. The summed E-state index contributed by atoms with van der Waals surface area (Å²) in [6, 6.07) is 18.3. The number of hydrazine groups is 1. The van der Waals surface area contributed by atoms with Crippen molar-refractivity contribution in [1.29, 1.82) is 0 Å². The van der Waals surface area contributed by atoms with Gasteiger partial charge in [-0.25, -0.2) is 15.8 Å². The van der Waals surface area contributed by atoms with Crippen LogP contribution in [-0.2, 0) is 4.79 Å². The second kappa shape index (κ2) is 8.10. The van der Waals surface area contributed by atoms with Gasteiger partial charge >= 0.3 is 0 Å². The molecule has 1 aromatic heterocycles. The molecule has 7 heteroatoms. The highest BCUT2D eigenvalue weighted by Crippen LogP contribution is 2.30. The molecule has 29 heavy (non-hydrogen) atoms. The van der Waals surface area contributed by atoms with Gasteiger partial charge in [-0.15, -0.1) is 0 Å². The molecular formula is C22H24N4O2S. The summed E-state index contributed by atoms with van der Waals surface area (Å²) in [5.74, 6) is 0.175. The molecule has 0 radical (unpaired) electrons. The van der Waals surface area contributed by atoms with E-state index in [1.165, 1.54) is 5.56 Å². The van der Waals surface area contributed by atoms with Crippen molar-refractivity contribution in [2.75, 3.05) is 13.1 Å². The van der Waals surface area contributed by atoms with Crippen LogP contribution in [-0.4, -0.2) is 41.0 Å². The normalized spacial score (nSPS) is 22.8.